The highest BCUT2D eigenvalue weighted by Crippen LogP contribution is 2.29. The third-order valence-electron chi connectivity index (χ3n) is 4.49. The van der Waals surface area contributed by atoms with Crippen molar-refractivity contribution in [2.24, 2.45) is 0 Å². The summed E-state index contributed by atoms with van der Waals surface area (Å²) in [7, 11) is 0. The van der Waals surface area contributed by atoms with Crippen molar-refractivity contribution in [3.63, 3.8) is 0 Å². The molecule has 1 amide bonds. The first-order valence-electron chi connectivity index (χ1n) is 9.65. The van der Waals surface area contributed by atoms with Gasteiger partial charge in [-0.3, -0.25) is 4.79 Å². The van der Waals surface area contributed by atoms with Gasteiger partial charge in [-0.15, -0.1) is 0 Å². The van der Waals surface area contributed by atoms with Crippen LogP contribution in [0.4, 0.5) is 19.0 Å². The molecule has 0 radical (unpaired) electrons. The van der Waals surface area contributed by atoms with Crippen LogP contribution in [0.1, 0.15) is 43.2 Å². The van der Waals surface area contributed by atoms with Gasteiger partial charge in [-0.25, -0.2) is 0 Å². The summed E-state index contributed by atoms with van der Waals surface area (Å²) in [6, 6.07) is 13.5. The Balaban J connectivity index is 1.50. The first-order valence-corrected chi connectivity index (χ1v) is 9.65. The number of nitrogens with one attached hydrogen (secondary N) is 1. The van der Waals surface area contributed by atoms with Crippen LogP contribution in [0.15, 0.2) is 59.1 Å². The number of alkyl halides is 3. The van der Waals surface area contributed by atoms with Crippen LogP contribution < -0.4 is 10.1 Å². The molecule has 1 aromatic heterocycles. The predicted molar refractivity (Wildman–Crippen MR) is 110 cm³/mol. The molecule has 5 nitrogen and oxygen atoms in total. The number of aromatic nitrogens is 1. The number of hydrogen-bond donors (Lipinski definition) is 1. The van der Waals surface area contributed by atoms with E-state index in [1.54, 1.807) is 30.3 Å². The fourth-order valence-corrected chi connectivity index (χ4v) is 2.72. The Morgan fingerprint density at radius 3 is 2.16 bits per heavy atom. The largest absolute Gasteiger partial charge is 0.489 e. The summed E-state index contributed by atoms with van der Waals surface area (Å²) in [5.74, 6) is 1.37. The summed E-state index contributed by atoms with van der Waals surface area (Å²) < 4.78 is 48.7. The molecule has 0 fully saturated rings. The highest BCUT2D eigenvalue weighted by Gasteiger charge is 2.29. The van der Waals surface area contributed by atoms with Crippen molar-refractivity contribution in [2.45, 2.75) is 45.4 Å². The molecule has 1 N–H and O–H groups in total. The summed E-state index contributed by atoms with van der Waals surface area (Å²) >= 11 is 0. The maximum absolute atomic E-state index is 12.6. The molecule has 0 saturated carbocycles. The van der Waals surface area contributed by atoms with Gasteiger partial charge in [0, 0.05) is 11.5 Å². The van der Waals surface area contributed by atoms with Crippen molar-refractivity contribution < 1.29 is 27.2 Å². The second kappa shape index (κ2) is 8.83. The maximum atomic E-state index is 12.6. The van der Waals surface area contributed by atoms with Gasteiger partial charge in [0.1, 0.15) is 18.1 Å². The molecule has 0 aliphatic rings. The van der Waals surface area contributed by atoms with Gasteiger partial charge in [0.15, 0.2) is 5.82 Å². The minimum Gasteiger partial charge on any atom is -0.489 e. The van der Waals surface area contributed by atoms with E-state index in [9.17, 15) is 18.0 Å². The Morgan fingerprint density at radius 1 is 1.00 bits per heavy atom. The molecule has 31 heavy (non-hydrogen) atoms. The Hall–Kier alpha value is -3.29. The average Bonchev–Trinajstić information content (AvgIpc) is 3.16. The van der Waals surface area contributed by atoms with E-state index in [2.05, 4.69) is 10.5 Å². The van der Waals surface area contributed by atoms with Crippen LogP contribution >= 0.6 is 0 Å². The molecule has 164 valence electrons. The van der Waals surface area contributed by atoms with E-state index in [4.69, 9.17) is 9.26 Å². The van der Waals surface area contributed by atoms with Crippen LogP contribution in [0.2, 0.25) is 0 Å². The van der Waals surface area contributed by atoms with Gasteiger partial charge in [0.05, 0.1) is 12.0 Å². The van der Waals surface area contributed by atoms with Gasteiger partial charge in [0.25, 0.3) is 0 Å². The Labute approximate surface area is 178 Å². The van der Waals surface area contributed by atoms with E-state index in [-0.39, 0.29) is 24.3 Å². The number of benzene rings is 2. The lowest BCUT2D eigenvalue weighted by molar-refractivity contribution is -0.137. The Bertz CT molecular complexity index is 1020. The van der Waals surface area contributed by atoms with Crippen LogP contribution in [0.25, 0.3) is 0 Å². The lowest BCUT2D eigenvalue weighted by Gasteiger charge is -2.12. The number of ether oxygens (including phenoxy) is 1. The van der Waals surface area contributed by atoms with Gasteiger partial charge < -0.3 is 14.6 Å². The normalized spacial score (nSPS) is 11.9. The van der Waals surface area contributed by atoms with Crippen molar-refractivity contribution in [3.05, 3.63) is 77.0 Å². The first-order chi connectivity index (χ1) is 14.5. The number of nitrogens with zero attached hydrogens (tertiary/aromatic N) is 1. The fourth-order valence-electron chi connectivity index (χ4n) is 2.72. The van der Waals surface area contributed by atoms with Gasteiger partial charge in [-0.05, 0) is 35.4 Å². The van der Waals surface area contributed by atoms with E-state index in [0.29, 0.717) is 22.9 Å². The SMILES string of the molecule is CC(C)(C)c1cc(NC(=O)Cc2ccc(OCc3ccc(C(F)(F)F)cc3)cc2)no1. The Kier molecular flexibility index (Phi) is 6.38. The standard InChI is InChI=1S/C23H23F3N2O3/c1-22(2,3)19-13-20(28-31-19)27-21(29)12-15-6-10-18(11-7-15)30-14-16-4-8-17(9-5-16)23(24,25)26/h4-11,13H,12,14H2,1-3H3,(H,27,28,29). The van der Waals surface area contributed by atoms with E-state index in [0.717, 1.165) is 17.7 Å². The first kappa shape index (κ1) is 22.4. The molecule has 0 atom stereocenters. The summed E-state index contributed by atoms with van der Waals surface area (Å²) in [4.78, 5) is 12.2. The second-order valence-corrected chi connectivity index (χ2v) is 8.18. The van der Waals surface area contributed by atoms with Gasteiger partial charge in [0.2, 0.25) is 5.91 Å². The number of anilines is 1. The highest BCUT2D eigenvalue weighted by molar-refractivity contribution is 5.91. The zero-order valence-corrected chi connectivity index (χ0v) is 17.4. The van der Waals surface area contributed by atoms with Gasteiger partial charge >= 0.3 is 6.18 Å². The molecular formula is C23H23F3N2O3. The Morgan fingerprint density at radius 2 is 1.61 bits per heavy atom. The van der Waals surface area contributed by atoms with Crippen LogP contribution in [-0.4, -0.2) is 11.1 Å². The van der Waals surface area contributed by atoms with Crippen LogP contribution in [0.5, 0.6) is 5.75 Å². The molecule has 0 spiro atoms. The van der Waals surface area contributed by atoms with Crippen LogP contribution in [-0.2, 0) is 29.4 Å². The highest BCUT2D eigenvalue weighted by atomic mass is 19.4. The number of amides is 1. The van der Waals surface area contributed by atoms with Crippen molar-refractivity contribution in [1.29, 1.82) is 0 Å². The van der Waals surface area contributed by atoms with Gasteiger partial charge in [-0.2, -0.15) is 13.2 Å². The van der Waals surface area contributed by atoms with Crippen molar-refractivity contribution >= 4 is 11.7 Å². The average molecular weight is 432 g/mol. The summed E-state index contributed by atoms with van der Waals surface area (Å²) in [6.07, 6.45) is -4.21. The lowest BCUT2D eigenvalue weighted by Crippen LogP contribution is -2.14. The molecule has 0 aliphatic carbocycles. The van der Waals surface area contributed by atoms with E-state index < -0.39 is 11.7 Å². The van der Waals surface area contributed by atoms with Crippen LogP contribution in [0, 0.1) is 0 Å². The number of carbonyl (C=O) groups is 1. The maximum Gasteiger partial charge on any atom is 0.416 e. The molecule has 0 aliphatic heterocycles. The zero-order valence-electron chi connectivity index (χ0n) is 17.4. The lowest BCUT2D eigenvalue weighted by atomic mass is 9.93. The molecule has 0 saturated heterocycles. The predicted octanol–water partition coefficient (Wildman–Crippen LogP) is 5.75. The smallest absolute Gasteiger partial charge is 0.416 e. The number of carbonyl (C=O) groups excluding carboxylic acids is 1. The van der Waals surface area contributed by atoms with Crippen molar-refractivity contribution in [1.82, 2.24) is 5.16 Å². The third-order valence-corrected chi connectivity index (χ3v) is 4.49. The van der Waals surface area contributed by atoms with E-state index in [1.807, 2.05) is 20.8 Å². The monoisotopic (exact) mass is 432 g/mol. The quantitative estimate of drug-likeness (QED) is 0.539. The molecule has 0 bridgehead atoms. The second-order valence-electron chi connectivity index (χ2n) is 8.18. The van der Waals surface area contributed by atoms with E-state index >= 15 is 0 Å². The fraction of sp³-hybridized carbons (Fsp3) is 0.304. The molecule has 3 aromatic rings. The molecule has 3 rings (SSSR count). The van der Waals surface area contributed by atoms with Crippen molar-refractivity contribution in [2.75, 3.05) is 5.32 Å². The number of rotatable bonds is 6. The molecular weight excluding hydrogens is 409 g/mol. The number of halogens is 3. The molecule has 0 unspecified atom stereocenters. The van der Waals surface area contributed by atoms with Gasteiger partial charge in [-0.1, -0.05) is 50.2 Å². The summed E-state index contributed by atoms with van der Waals surface area (Å²) in [5, 5.41) is 6.57. The molecule has 8 heteroatoms. The number of hydrogen-bond acceptors (Lipinski definition) is 4. The minimum atomic E-state index is -4.36. The molecule has 1 heterocycles. The third kappa shape index (κ3) is 6.34. The zero-order chi connectivity index (χ0) is 22.6. The minimum absolute atomic E-state index is 0.139. The van der Waals surface area contributed by atoms with Crippen LogP contribution in [0.3, 0.4) is 0 Å². The molecule has 2 aromatic carbocycles. The summed E-state index contributed by atoms with van der Waals surface area (Å²) in [5.41, 5.74) is 0.503. The topological polar surface area (TPSA) is 64.4 Å². The van der Waals surface area contributed by atoms with Crippen molar-refractivity contribution in [3.8, 4) is 5.75 Å². The summed E-state index contributed by atoms with van der Waals surface area (Å²) in [6.45, 7) is 6.10. The van der Waals surface area contributed by atoms with E-state index in [1.165, 1.54) is 12.1 Å².